The zero-order valence-electron chi connectivity index (χ0n) is 8.34. The van der Waals surface area contributed by atoms with E-state index in [2.05, 4.69) is 4.18 Å². The Bertz CT molecular complexity index is 422. The van der Waals surface area contributed by atoms with E-state index in [1.165, 1.54) is 12.1 Å². The van der Waals surface area contributed by atoms with Gasteiger partial charge in [-0.3, -0.25) is 8.98 Å². The van der Waals surface area contributed by atoms with E-state index in [4.69, 9.17) is 0 Å². The summed E-state index contributed by atoms with van der Waals surface area (Å²) in [5, 5.41) is -0.989. The summed E-state index contributed by atoms with van der Waals surface area (Å²) < 4.78 is 27.2. The van der Waals surface area contributed by atoms with Gasteiger partial charge in [0.1, 0.15) is 0 Å². The summed E-state index contributed by atoms with van der Waals surface area (Å²) in [6, 6.07) is 7.78. The quantitative estimate of drug-likeness (QED) is 0.734. The normalized spacial score (nSPS) is 11.3. The average molecular weight is 228 g/mol. The van der Waals surface area contributed by atoms with Crippen LogP contribution in [0.2, 0.25) is 0 Å². The van der Waals surface area contributed by atoms with Crippen LogP contribution in [0, 0.1) is 0 Å². The average Bonchev–Trinajstić information content (AvgIpc) is 2.26. The third-order valence-electron chi connectivity index (χ3n) is 1.68. The molecule has 0 radical (unpaired) electrons. The molecule has 1 rings (SSSR count). The molecular weight excluding hydrogens is 216 g/mol. The van der Waals surface area contributed by atoms with Gasteiger partial charge < -0.3 is 0 Å². The van der Waals surface area contributed by atoms with Crippen molar-refractivity contribution in [3.05, 3.63) is 35.9 Å². The molecule has 0 aromatic heterocycles. The first-order chi connectivity index (χ1) is 7.08. The number of carbonyl (C=O) groups excluding carboxylic acids is 1. The first kappa shape index (κ1) is 11.9. The molecule has 5 heteroatoms. The Morgan fingerprint density at radius 1 is 1.27 bits per heavy atom. The number of benzene rings is 1. The lowest BCUT2D eigenvalue weighted by Gasteiger charge is -2.02. The van der Waals surface area contributed by atoms with Crippen LogP contribution in [0.5, 0.6) is 0 Å². The highest BCUT2D eigenvalue weighted by Gasteiger charge is 2.24. The molecular formula is C10H12O4S. The molecule has 0 bridgehead atoms. The summed E-state index contributed by atoms with van der Waals surface area (Å²) in [7, 11) is -4.11. The van der Waals surface area contributed by atoms with Crippen molar-refractivity contribution >= 4 is 15.2 Å². The van der Waals surface area contributed by atoms with E-state index >= 15 is 0 Å². The van der Waals surface area contributed by atoms with Gasteiger partial charge in [0.05, 0.1) is 6.61 Å². The predicted molar refractivity (Wildman–Crippen MR) is 55.9 cm³/mol. The topological polar surface area (TPSA) is 60.4 Å². The zero-order valence-corrected chi connectivity index (χ0v) is 9.16. The maximum atomic E-state index is 11.5. The molecule has 0 unspecified atom stereocenters. The fourth-order valence-electron chi connectivity index (χ4n) is 0.965. The number of hydrogen-bond acceptors (Lipinski definition) is 4. The van der Waals surface area contributed by atoms with E-state index in [0.717, 1.165) is 0 Å². The van der Waals surface area contributed by atoms with E-state index in [1.807, 2.05) is 0 Å². The second kappa shape index (κ2) is 5.04. The van der Waals surface area contributed by atoms with E-state index < -0.39 is 15.2 Å². The molecule has 1 aromatic rings. The van der Waals surface area contributed by atoms with E-state index in [0.29, 0.717) is 6.42 Å². The third-order valence-corrected chi connectivity index (χ3v) is 2.85. The van der Waals surface area contributed by atoms with Crippen LogP contribution in [0.1, 0.15) is 23.7 Å². The summed E-state index contributed by atoms with van der Waals surface area (Å²) in [5.74, 6) is 0. The Morgan fingerprint density at radius 2 is 1.87 bits per heavy atom. The Balaban J connectivity index is 2.86. The maximum Gasteiger partial charge on any atom is 0.335 e. The van der Waals surface area contributed by atoms with Crippen molar-refractivity contribution in [3.8, 4) is 0 Å². The van der Waals surface area contributed by atoms with Crippen LogP contribution < -0.4 is 0 Å². The molecule has 1 aromatic carbocycles. The van der Waals surface area contributed by atoms with Crippen molar-refractivity contribution in [2.24, 2.45) is 0 Å². The van der Waals surface area contributed by atoms with Crippen LogP contribution in [0.25, 0.3) is 0 Å². The molecule has 0 aliphatic heterocycles. The minimum Gasteiger partial charge on any atom is -0.273 e. The Kier molecular flexibility index (Phi) is 3.99. The van der Waals surface area contributed by atoms with Crippen LogP contribution in [0.4, 0.5) is 0 Å². The highest BCUT2D eigenvalue weighted by Crippen LogP contribution is 2.07. The maximum absolute atomic E-state index is 11.5. The summed E-state index contributed by atoms with van der Waals surface area (Å²) >= 11 is 0. The standard InChI is InChI=1S/C10H12O4S/c1-2-8-14-15(12,13)10(11)9-6-4-3-5-7-9/h3-7H,2,8H2,1H3. The Hall–Kier alpha value is -1.20. The molecule has 0 saturated heterocycles. The van der Waals surface area contributed by atoms with E-state index in [9.17, 15) is 13.2 Å². The monoisotopic (exact) mass is 228 g/mol. The summed E-state index contributed by atoms with van der Waals surface area (Å²) in [5.41, 5.74) is 0.119. The fraction of sp³-hybridized carbons (Fsp3) is 0.300. The largest absolute Gasteiger partial charge is 0.335 e. The second-order valence-corrected chi connectivity index (χ2v) is 4.44. The van der Waals surface area contributed by atoms with Crippen LogP contribution in [-0.2, 0) is 14.3 Å². The fourth-order valence-corrected chi connectivity index (χ4v) is 1.88. The number of carbonyl (C=O) groups is 1. The molecule has 0 aliphatic carbocycles. The van der Waals surface area contributed by atoms with Gasteiger partial charge in [0.15, 0.2) is 0 Å². The van der Waals surface area contributed by atoms with E-state index in [1.54, 1.807) is 25.1 Å². The molecule has 0 fully saturated rings. The van der Waals surface area contributed by atoms with Crippen LogP contribution in [0.15, 0.2) is 30.3 Å². The molecule has 0 saturated carbocycles. The molecule has 4 nitrogen and oxygen atoms in total. The van der Waals surface area contributed by atoms with Gasteiger partial charge in [-0.25, -0.2) is 0 Å². The highest BCUT2D eigenvalue weighted by molar-refractivity contribution is 8.02. The van der Waals surface area contributed by atoms with Crippen LogP contribution in [-0.4, -0.2) is 20.1 Å². The molecule has 0 N–H and O–H groups in total. The Labute approximate surface area is 89.0 Å². The summed E-state index contributed by atoms with van der Waals surface area (Å²) in [6.45, 7) is 1.80. The van der Waals surface area contributed by atoms with Gasteiger partial charge in [-0.2, -0.15) is 8.42 Å². The number of hydrogen-bond donors (Lipinski definition) is 0. The van der Waals surface area contributed by atoms with Crippen molar-refractivity contribution in [1.29, 1.82) is 0 Å². The van der Waals surface area contributed by atoms with Crippen molar-refractivity contribution in [1.82, 2.24) is 0 Å². The zero-order chi connectivity index (χ0) is 11.3. The molecule has 0 heterocycles. The van der Waals surface area contributed by atoms with Gasteiger partial charge in [0, 0.05) is 5.56 Å². The first-order valence-corrected chi connectivity index (χ1v) is 5.97. The summed E-state index contributed by atoms with van der Waals surface area (Å²) in [4.78, 5) is 11.5. The van der Waals surface area contributed by atoms with E-state index in [-0.39, 0.29) is 12.2 Å². The van der Waals surface area contributed by atoms with Gasteiger partial charge in [0.25, 0.3) is 0 Å². The minimum atomic E-state index is -4.11. The molecule has 0 amide bonds. The first-order valence-electron chi connectivity index (χ1n) is 4.56. The van der Waals surface area contributed by atoms with Crippen LogP contribution in [0.3, 0.4) is 0 Å². The third kappa shape index (κ3) is 3.14. The van der Waals surface area contributed by atoms with Gasteiger partial charge in [-0.1, -0.05) is 37.3 Å². The minimum absolute atomic E-state index is 0.0287. The molecule has 0 spiro atoms. The van der Waals surface area contributed by atoms with Crippen molar-refractivity contribution in [2.45, 2.75) is 13.3 Å². The lowest BCUT2D eigenvalue weighted by atomic mass is 10.2. The Morgan fingerprint density at radius 3 is 2.40 bits per heavy atom. The molecule has 0 aliphatic rings. The number of rotatable bonds is 4. The van der Waals surface area contributed by atoms with Crippen molar-refractivity contribution in [2.75, 3.05) is 6.61 Å². The smallest absolute Gasteiger partial charge is 0.273 e. The summed E-state index contributed by atoms with van der Waals surface area (Å²) in [6.07, 6.45) is 0.543. The lowest BCUT2D eigenvalue weighted by molar-refractivity contribution is 0.105. The molecule has 82 valence electrons. The van der Waals surface area contributed by atoms with Gasteiger partial charge >= 0.3 is 15.2 Å². The van der Waals surface area contributed by atoms with Gasteiger partial charge in [0.2, 0.25) is 0 Å². The second-order valence-electron chi connectivity index (χ2n) is 2.93. The van der Waals surface area contributed by atoms with Gasteiger partial charge in [-0.15, -0.1) is 0 Å². The molecule has 15 heavy (non-hydrogen) atoms. The van der Waals surface area contributed by atoms with Crippen LogP contribution >= 0.6 is 0 Å². The van der Waals surface area contributed by atoms with Crippen molar-refractivity contribution < 1.29 is 17.4 Å². The molecule has 0 atom stereocenters. The highest BCUT2D eigenvalue weighted by atomic mass is 32.2. The van der Waals surface area contributed by atoms with Gasteiger partial charge in [-0.05, 0) is 6.42 Å². The lowest BCUT2D eigenvalue weighted by Crippen LogP contribution is -2.18. The van der Waals surface area contributed by atoms with Crippen molar-refractivity contribution in [3.63, 3.8) is 0 Å². The SMILES string of the molecule is CCCOS(=O)(=O)C(=O)c1ccccc1. The predicted octanol–water partition coefficient (Wildman–Crippen LogP) is 1.58.